The molecule has 1 aliphatic heterocycles. The fraction of sp³-hybridized carbons (Fsp3) is 0.407. The maximum Gasteiger partial charge on any atom is 0.335 e. The predicted octanol–water partition coefficient (Wildman–Crippen LogP) is 4.61. The van der Waals surface area contributed by atoms with Crippen LogP contribution >= 0.6 is 0 Å². The number of hydrogen-bond donors (Lipinski definition) is 2. The number of ether oxygens (including phenoxy) is 2. The van der Waals surface area contributed by atoms with Crippen molar-refractivity contribution in [2.24, 2.45) is 5.92 Å². The Bertz CT molecular complexity index is 981. The van der Waals surface area contributed by atoms with Gasteiger partial charge in [0, 0.05) is 25.3 Å². The molecule has 6 nitrogen and oxygen atoms in total. The minimum atomic E-state index is -0.938. The molecule has 174 valence electrons. The van der Waals surface area contributed by atoms with Crippen molar-refractivity contribution in [3.63, 3.8) is 0 Å². The second kappa shape index (κ2) is 11.1. The molecule has 4 rings (SSSR count). The first kappa shape index (κ1) is 23.1. The topological polar surface area (TPSA) is 84.9 Å². The Morgan fingerprint density at radius 3 is 2.45 bits per heavy atom. The molecule has 2 aromatic rings. The minimum Gasteiger partial charge on any atom is -0.493 e. The first-order valence-electron chi connectivity index (χ1n) is 11.7. The van der Waals surface area contributed by atoms with Gasteiger partial charge in [0.2, 0.25) is 0 Å². The smallest absolute Gasteiger partial charge is 0.335 e. The standard InChI is InChI=1S/C27H31NO5/c29-26-5-1-3-20(26)4-2-16-32-23-10-6-19(7-11-23)25-14-15-28-17-22(25)18-33-24-12-8-21(9-13-24)27(30)31/h4,6-13,22,25,28H,1-3,5,14-18H2,(H,30,31)/b20-4+/t22-,25-/m0/s1. The molecule has 0 spiro atoms. The van der Waals surface area contributed by atoms with Gasteiger partial charge < -0.3 is 19.9 Å². The molecule has 1 heterocycles. The fourth-order valence-electron chi connectivity index (χ4n) is 4.61. The normalized spacial score (nSPS) is 21.8. The highest BCUT2D eigenvalue weighted by molar-refractivity contribution is 5.97. The highest BCUT2D eigenvalue weighted by Gasteiger charge is 2.27. The largest absolute Gasteiger partial charge is 0.493 e. The molecule has 0 amide bonds. The summed E-state index contributed by atoms with van der Waals surface area (Å²) in [5.41, 5.74) is 2.49. The van der Waals surface area contributed by atoms with E-state index in [4.69, 9.17) is 14.6 Å². The quantitative estimate of drug-likeness (QED) is 0.430. The van der Waals surface area contributed by atoms with Crippen LogP contribution in [0, 0.1) is 5.92 Å². The van der Waals surface area contributed by atoms with Crippen molar-refractivity contribution in [3.8, 4) is 11.5 Å². The van der Waals surface area contributed by atoms with Crippen molar-refractivity contribution in [2.75, 3.05) is 26.3 Å². The van der Waals surface area contributed by atoms with E-state index in [-0.39, 0.29) is 11.3 Å². The van der Waals surface area contributed by atoms with Crippen molar-refractivity contribution in [2.45, 2.75) is 38.0 Å². The summed E-state index contributed by atoms with van der Waals surface area (Å²) in [4.78, 5) is 22.7. The molecule has 6 heteroatoms. The van der Waals surface area contributed by atoms with Crippen LogP contribution in [0.1, 0.15) is 53.9 Å². The summed E-state index contributed by atoms with van der Waals surface area (Å²) in [6.07, 6.45) is 6.39. The second-order valence-corrected chi connectivity index (χ2v) is 8.71. The molecule has 1 saturated carbocycles. The monoisotopic (exact) mass is 449 g/mol. The Balaban J connectivity index is 1.29. The number of Topliss-reactive ketones (excluding diaryl/α,β-unsaturated/α-hetero) is 1. The van der Waals surface area contributed by atoms with Gasteiger partial charge in [0.1, 0.15) is 11.5 Å². The number of carbonyl (C=O) groups is 2. The number of allylic oxidation sites excluding steroid dienone is 1. The lowest BCUT2D eigenvalue weighted by Gasteiger charge is -2.32. The van der Waals surface area contributed by atoms with Crippen LogP contribution in [0.3, 0.4) is 0 Å². The Morgan fingerprint density at radius 2 is 1.76 bits per heavy atom. The van der Waals surface area contributed by atoms with E-state index in [0.717, 1.165) is 50.1 Å². The minimum absolute atomic E-state index is 0.255. The third-order valence-electron chi connectivity index (χ3n) is 6.47. The molecule has 0 unspecified atom stereocenters. The van der Waals surface area contributed by atoms with E-state index >= 15 is 0 Å². The lowest BCUT2D eigenvalue weighted by Crippen LogP contribution is -2.38. The average Bonchev–Trinajstić information content (AvgIpc) is 3.26. The van der Waals surface area contributed by atoms with Gasteiger partial charge in [0.25, 0.3) is 0 Å². The lowest BCUT2D eigenvalue weighted by atomic mass is 9.81. The molecule has 1 saturated heterocycles. The summed E-state index contributed by atoms with van der Waals surface area (Å²) in [7, 11) is 0. The van der Waals surface area contributed by atoms with Crippen LogP contribution in [0.5, 0.6) is 11.5 Å². The number of benzene rings is 2. The van der Waals surface area contributed by atoms with Gasteiger partial charge in [0.05, 0.1) is 18.8 Å². The van der Waals surface area contributed by atoms with E-state index in [1.807, 2.05) is 18.2 Å². The molecular formula is C27H31NO5. The van der Waals surface area contributed by atoms with Crippen LogP contribution in [0.15, 0.2) is 60.2 Å². The number of nitrogens with one attached hydrogen (secondary N) is 1. The van der Waals surface area contributed by atoms with Gasteiger partial charge in [-0.3, -0.25) is 4.79 Å². The van der Waals surface area contributed by atoms with E-state index in [1.54, 1.807) is 24.3 Å². The number of ketones is 1. The van der Waals surface area contributed by atoms with E-state index in [0.29, 0.717) is 37.2 Å². The molecular weight excluding hydrogens is 418 g/mol. The van der Waals surface area contributed by atoms with Gasteiger partial charge in [-0.25, -0.2) is 4.79 Å². The number of aromatic carboxylic acids is 1. The van der Waals surface area contributed by atoms with Gasteiger partial charge >= 0.3 is 5.97 Å². The molecule has 2 aliphatic rings. The maximum absolute atomic E-state index is 11.7. The zero-order chi connectivity index (χ0) is 23.0. The molecule has 2 fully saturated rings. The zero-order valence-corrected chi connectivity index (χ0v) is 18.8. The number of carboxylic acid groups (broad SMARTS) is 1. The molecule has 2 atom stereocenters. The van der Waals surface area contributed by atoms with Crippen LogP contribution in [0.25, 0.3) is 0 Å². The van der Waals surface area contributed by atoms with Crippen molar-refractivity contribution >= 4 is 11.8 Å². The van der Waals surface area contributed by atoms with Crippen LogP contribution < -0.4 is 14.8 Å². The van der Waals surface area contributed by atoms with Crippen LogP contribution in [0.2, 0.25) is 0 Å². The van der Waals surface area contributed by atoms with Crippen LogP contribution in [-0.2, 0) is 4.79 Å². The highest BCUT2D eigenvalue weighted by Crippen LogP contribution is 2.32. The molecule has 0 radical (unpaired) electrons. The van der Waals surface area contributed by atoms with E-state index in [9.17, 15) is 9.59 Å². The molecule has 0 bridgehead atoms. The molecule has 2 aromatic carbocycles. The van der Waals surface area contributed by atoms with E-state index in [1.165, 1.54) is 5.56 Å². The van der Waals surface area contributed by atoms with E-state index < -0.39 is 5.97 Å². The zero-order valence-electron chi connectivity index (χ0n) is 18.8. The number of hydrogen-bond acceptors (Lipinski definition) is 5. The summed E-state index contributed by atoms with van der Waals surface area (Å²) in [6.45, 7) is 2.99. The van der Waals surface area contributed by atoms with Crippen LogP contribution in [0.4, 0.5) is 0 Å². The van der Waals surface area contributed by atoms with Gasteiger partial charge in [0.15, 0.2) is 5.78 Å². The predicted molar refractivity (Wildman–Crippen MR) is 126 cm³/mol. The van der Waals surface area contributed by atoms with Gasteiger partial charge in [-0.15, -0.1) is 0 Å². The Labute approximate surface area is 194 Å². The second-order valence-electron chi connectivity index (χ2n) is 8.71. The van der Waals surface area contributed by atoms with Gasteiger partial charge in [-0.05, 0) is 79.3 Å². The van der Waals surface area contributed by atoms with Crippen molar-refractivity contribution in [1.29, 1.82) is 0 Å². The molecule has 2 N–H and O–H groups in total. The van der Waals surface area contributed by atoms with Crippen molar-refractivity contribution in [3.05, 3.63) is 71.3 Å². The first-order chi connectivity index (χ1) is 16.1. The summed E-state index contributed by atoms with van der Waals surface area (Å²) >= 11 is 0. The molecule has 0 aromatic heterocycles. The number of rotatable bonds is 9. The Kier molecular flexibility index (Phi) is 7.79. The van der Waals surface area contributed by atoms with Crippen LogP contribution in [-0.4, -0.2) is 43.2 Å². The summed E-state index contributed by atoms with van der Waals surface area (Å²) in [6, 6.07) is 14.9. The SMILES string of the molecule is O=C1CCC/C1=C\CCOc1ccc([C@@H]2CCNC[C@H]2COc2ccc(C(=O)O)cc2)cc1. The van der Waals surface area contributed by atoms with E-state index in [2.05, 4.69) is 17.4 Å². The maximum atomic E-state index is 11.7. The average molecular weight is 450 g/mol. The molecule has 33 heavy (non-hydrogen) atoms. The van der Waals surface area contributed by atoms with Crippen molar-refractivity contribution < 1.29 is 24.2 Å². The number of carboxylic acids is 1. The van der Waals surface area contributed by atoms with Crippen molar-refractivity contribution in [1.82, 2.24) is 5.32 Å². The summed E-state index contributed by atoms with van der Waals surface area (Å²) in [5, 5.41) is 12.5. The highest BCUT2D eigenvalue weighted by atomic mass is 16.5. The lowest BCUT2D eigenvalue weighted by molar-refractivity contribution is -0.114. The summed E-state index contributed by atoms with van der Waals surface area (Å²) < 4.78 is 11.9. The van der Waals surface area contributed by atoms with Gasteiger partial charge in [-0.1, -0.05) is 18.2 Å². The number of piperidine rings is 1. The molecule has 1 aliphatic carbocycles. The third-order valence-corrected chi connectivity index (χ3v) is 6.47. The summed E-state index contributed by atoms with van der Waals surface area (Å²) in [5.74, 6) is 1.58. The third kappa shape index (κ3) is 6.23. The Morgan fingerprint density at radius 1 is 1.03 bits per heavy atom. The number of carbonyl (C=O) groups excluding carboxylic acids is 1. The fourth-order valence-corrected chi connectivity index (χ4v) is 4.61. The first-order valence-corrected chi connectivity index (χ1v) is 11.7. The Hall–Kier alpha value is -3.12. The van der Waals surface area contributed by atoms with Gasteiger partial charge in [-0.2, -0.15) is 0 Å².